The summed E-state index contributed by atoms with van der Waals surface area (Å²) in [6.07, 6.45) is 3.86. The van der Waals surface area contributed by atoms with Crippen LogP contribution < -0.4 is 0 Å². The number of nitrogens with zero attached hydrogens (tertiary/aromatic N) is 2. The van der Waals surface area contributed by atoms with Gasteiger partial charge in [-0.1, -0.05) is 0 Å². The van der Waals surface area contributed by atoms with Gasteiger partial charge in [0.25, 0.3) is 0 Å². The van der Waals surface area contributed by atoms with Crippen LogP contribution in [0.15, 0.2) is 0 Å². The van der Waals surface area contributed by atoms with Gasteiger partial charge in [-0.15, -0.1) is 0 Å². The summed E-state index contributed by atoms with van der Waals surface area (Å²) >= 11 is 0. The van der Waals surface area contributed by atoms with E-state index in [1.54, 1.807) is 0 Å². The molecule has 0 bridgehead atoms. The first kappa shape index (κ1) is 8.07. The highest BCUT2D eigenvalue weighted by Gasteiger charge is 2.43. The zero-order valence-electron chi connectivity index (χ0n) is 7.66. The minimum absolute atomic E-state index is 0.404. The average molecular weight is 164 g/mol. The van der Waals surface area contributed by atoms with Gasteiger partial charge >= 0.3 is 0 Å². The van der Waals surface area contributed by atoms with Gasteiger partial charge in [0.15, 0.2) is 0 Å². The lowest BCUT2D eigenvalue weighted by Crippen LogP contribution is -2.33. The fraction of sp³-hybridized carbons (Fsp3) is 0.900. The zero-order chi connectivity index (χ0) is 8.55. The number of hydrogen-bond acceptors (Lipinski definition) is 2. The van der Waals surface area contributed by atoms with Crippen molar-refractivity contribution in [1.82, 2.24) is 4.90 Å². The van der Waals surface area contributed by atoms with E-state index in [0.717, 1.165) is 11.8 Å². The second-order valence-electron chi connectivity index (χ2n) is 4.30. The predicted octanol–water partition coefficient (Wildman–Crippen LogP) is 1.49. The van der Waals surface area contributed by atoms with Crippen molar-refractivity contribution < 1.29 is 0 Å². The number of nitriles is 1. The molecule has 0 aromatic carbocycles. The number of rotatable bonds is 1. The van der Waals surface area contributed by atoms with E-state index in [0.29, 0.717) is 5.92 Å². The third kappa shape index (κ3) is 1.47. The monoisotopic (exact) mass is 164 g/mol. The van der Waals surface area contributed by atoms with Gasteiger partial charge in [-0.25, -0.2) is 0 Å². The molecule has 2 nitrogen and oxygen atoms in total. The van der Waals surface area contributed by atoms with E-state index >= 15 is 0 Å². The van der Waals surface area contributed by atoms with Crippen molar-refractivity contribution in [1.29, 1.82) is 5.26 Å². The van der Waals surface area contributed by atoms with Crippen LogP contribution >= 0.6 is 0 Å². The van der Waals surface area contributed by atoms with Crippen LogP contribution in [0.25, 0.3) is 0 Å². The molecule has 0 N–H and O–H groups in total. The molecule has 0 radical (unpaired) electrons. The van der Waals surface area contributed by atoms with Crippen LogP contribution in [0.3, 0.4) is 0 Å². The Morgan fingerprint density at radius 2 is 2.33 bits per heavy atom. The van der Waals surface area contributed by atoms with Crippen molar-refractivity contribution >= 4 is 0 Å². The number of piperidine rings is 1. The first-order valence-electron chi connectivity index (χ1n) is 4.89. The summed E-state index contributed by atoms with van der Waals surface area (Å²) in [5.74, 6) is 1.98. The van der Waals surface area contributed by atoms with Crippen molar-refractivity contribution in [2.45, 2.75) is 19.3 Å². The first-order chi connectivity index (χ1) is 5.81. The molecule has 0 aromatic heterocycles. The molecule has 1 aliphatic heterocycles. The summed E-state index contributed by atoms with van der Waals surface area (Å²) in [6, 6.07) is 2.38. The highest BCUT2D eigenvalue weighted by molar-refractivity contribution is 5.04. The summed E-state index contributed by atoms with van der Waals surface area (Å²) < 4.78 is 0. The van der Waals surface area contributed by atoms with E-state index in [9.17, 15) is 0 Å². The van der Waals surface area contributed by atoms with Crippen LogP contribution in [0.1, 0.15) is 19.3 Å². The average Bonchev–Trinajstić information content (AvgIpc) is 2.83. The van der Waals surface area contributed by atoms with Crippen LogP contribution in [0.2, 0.25) is 0 Å². The van der Waals surface area contributed by atoms with Gasteiger partial charge in [0, 0.05) is 12.5 Å². The minimum Gasteiger partial charge on any atom is -0.306 e. The van der Waals surface area contributed by atoms with E-state index < -0.39 is 0 Å². The molecule has 1 aliphatic carbocycles. The molecule has 2 fully saturated rings. The van der Waals surface area contributed by atoms with Crippen molar-refractivity contribution in [3.05, 3.63) is 0 Å². The standard InChI is InChI=1S/C10H16N2/c1-12-4-2-3-8(7-12)10-5-9(10)6-11/h8-10H,2-5,7H2,1H3. The van der Waals surface area contributed by atoms with Gasteiger partial charge in [0.2, 0.25) is 0 Å². The lowest BCUT2D eigenvalue weighted by molar-refractivity contribution is 0.191. The predicted molar refractivity (Wildman–Crippen MR) is 47.4 cm³/mol. The Hall–Kier alpha value is -0.550. The molecule has 2 rings (SSSR count). The summed E-state index contributed by atoms with van der Waals surface area (Å²) in [7, 11) is 2.19. The molecule has 1 heterocycles. The molecular formula is C10H16N2. The van der Waals surface area contributed by atoms with E-state index in [4.69, 9.17) is 5.26 Å². The maximum absolute atomic E-state index is 8.71. The topological polar surface area (TPSA) is 27.0 Å². The van der Waals surface area contributed by atoms with E-state index in [1.165, 1.54) is 32.4 Å². The Labute approximate surface area is 74.2 Å². The van der Waals surface area contributed by atoms with Gasteiger partial charge in [0.1, 0.15) is 0 Å². The van der Waals surface area contributed by atoms with Crippen LogP contribution in [0.4, 0.5) is 0 Å². The summed E-state index contributed by atoms with van der Waals surface area (Å²) in [5, 5.41) is 8.71. The Morgan fingerprint density at radius 1 is 1.50 bits per heavy atom. The quantitative estimate of drug-likeness (QED) is 0.587. The second kappa shape index (κ2) is 3.06. The largest absolute Gasteiger partial charge is 0.306 e. The van der Waals surface area contributed by atoms with E-state index in [1.807, 2.05) is 0 Å². The fourth-order valence-corrected chi connectivity index (χ4v) is 2.44. The van der Waals surface area contributed by atoms with Crippen molar-refractivity contribution in [3.8, 4) is 6.07 Å². The summed E-state index contributed by atoms with van der Waals surface area (Å²) in [6.45, 7) is 2.48. The van der Waals surface area contributed by atoms with Crippen molar-refractivity contribution in [2.24, 2.45) is 17.8 Å². The molecule has 12 heavy (non-hydrogen) atoms. The Kier molecular flexibility index (Phi) is 2.06. The molecule has 2 aliphatic rings. The Balaban J connectivity index is 1.85. The second-order valence-corrected chi connectivity index (χ2v) is 4.30. The van der Waals surface area contributed by atoms with Gasteiger partial charge in [-0.2, -0.15) is 5.26 Å². The molecule has 2 heteroatoms. The van der Waals surface area contributed by atoms with Crippen molar-refractivity contribution in [3.63, 3.8) is 0 Å². The van der Waals surface area contributed by atoms with Crippen molar-refractivity contribution in [2.75, 3.05) is 20.1 Å². The van der Waals surface area contributed by atoms with Crippen LogP contribution in [0.5, 0.6) is 0 Å². The third-order valence-corrected chi connectivity index (χ3v) is 3.27. The summed E-state index contributed by atoms with van der Waals surface area (Å²) in [4.78, 5) is 2.40. The first-order valence-corrected chi connectivity index (χ1v) is 4.89. The Morgan fingerprint density at radius 3 is 2.92 bits per heavy atom. The SMILES string of the molecule is CN1CCCC(C2CC2C#N)C1. The molecule has 0 aromatic rings. The molecule has 66 valence electrons. The van der Waals surface area contributed by atoms with Gasteiger partial charge in [-0.05, 0) is 44.7 Å². The smallest absolute Gasteiger partial charge is 0.0658 e. The third-order valence-electron chi connectivity index (χ3n) is 3.27. The number of likely N-dealkylation sites (tertiary alicyclic amines) is 1. The molecule has 0 amide bonds. The summed E-state index contributed by atoms with van der Waals surface area (Å²) in [5.41, 5.74) is 0. The van der Waals surface area contributed by atoms with Crippen LogP contribution in [-0.2, 0) is 0 Å². The van der Waals surface area contributed by atoms with E-state index in [-0.39, 0.29) is 0 Å². The van der Waals surface area contributed by atoms with Crippen LogP contribution in [0, 0.1) is 29.1 Å². The maximum atomic E-state index is 8.71. The lowest BCUT2D eigenvalue weighted by atomic mass is 9.93. The molecule has 0 spiro atoms. The lowest BCUT2D eigenvalue weighted by Gasteiger charge is -2.29. The highest BCUT2D eigenvalue weighted by atomic mass is 15.1. The van der Waals surface area contributed by atoms with E-state index in [2.05, 4.69) is 18.0 Å². The highest BCUT2D eigenvalue weighted by Crippen LogP contribution is 2.46. The maximum Gasteiger partial charge on any atom is 0.0658 e. The minimum atomic E-state index is 0.404. The number of hydrogen-bond donors (Lipinski definition) is 0. The Bertz CT molecular complexity index is 206. The molecule has 3 atom stereocenters. The van der Waals surface area contributed by atoms with Gasteiger partial charge in [0.05, 0.1) is 6.07 Å². The molecular weight excluding hydrogens is 148 g/mol. The van der Waals surface area contributed by atoms with Gasteiger partial charge in [-0.3, -0.25) is 0 Å². The van der Waals surface area contributed by atoms with Crippen LogP contribution in [-0.4, -0.2) is 25.0 Å². The van der Waals surface area contributed by atoms with Gasteiger partial charge < -0.3 is 4.90 Å². The molecule has 3 unspecified atom stereocenters. The molecule has 1 saturated carbocycles. The normalized spacial score (nSPS) is 42.2. The zero-order valence-corrected chi connectivity index (χ0v) is 7.66. The molecule has 1 saturated heterocycles. The fourth-order valence-electron chi connectivity index (χ4n) is 2.44.